The summed E-state index contributed by atoms with van der Waals surface area (Å²) in [6.07, 6.45) is 9.23. The van der Waals surface area contributed by atoms with E-state index in [2.05, 4.69) is 34.5 Å². The van der Waals surface area contributed by atoms with Crippen LogP contribution in [0, 0.1) is 5.92 Å². The van der Waals surface area contributed by atoms with Crippen LogP contribution < -0.4 is 5.32 Å². The molecule has 4 atom stereocenters. The van der Waals surface area contributed by atoms with Crippen LogP contribution in [0.2, 0.25) is 10.0 Å². The standard InChI is InChI=1S/C25H30Cl2N2/c26-22-9-3-1-7-20(22)25(21-8-2-4-10-23(21)27)29-18-12-13-19(29)16-17(15-18)24-11-5-6-14-28-24/h1-4,7-10,17-19,24-25,28H,5-6,11-16H2/t17?,18-,19+,24?. The van der Waals surface area contributed by atoms with Crippen LogP contribution in [0.3, 0.4) is 0 Å². The third kappa shape index (κ3) is 3.85. The molecule has 2 bridgehead atoms. The summed E-state index contributed by atoms with van der Waals surface area (Å²) in [5.41, 5.74) is 2.38. The van der Waals surface area contributed by atoms with Gasteiger partial charge >= 0.3 is 0 Å². The van der Waals surface area contributed by atoms with Crippen LogP contribution in [-0.2, 0) is 0 Å². The Balaban J connectivity index is 1.49. The monoisotopic (exact) mass is 428 g/mol. The zero-order valence-corrected chi connectivity index (χ0v) is 18.4. The highest BCUT2D eigenvalue weighted by Gasteiger charge is 2.46. The summed E-state index contributed by atoms with van der Waals surface area (Å²) in [7, 11) is 0. The fourth-order valence-electron chi connectivity index (χ4n) is 6.17. The van der Waals surface area contributed by atoms with Crippen LogP contribution >= 0.6 is 23.2 Å². The van der Waals surface area contributed by atoms with Gasteiger partial charge in [0.15, 0.2) is 0 Å². The normalized spacial score (nSPS) is 30.0. The molecule has 5 rings (SSSR count). The molecule has 3 heterocycles. The van der Waals surface area contributed by atoms with E-state index in [0.717, 1.165) is 16.0 Å². The molecule has 3 aliphatic rings. The van der Waals surface area contributed by atoms with E-state index in [1.165, 1.54) is 62.6 Å². The van der Waals surface area contributed by atoms with Gasteiger partial charge in [-0.25, -0.2) is 0 Å². The van der Waals surface area contributed by atoms with E-state index >= 15 is 0 Å². The first kappa shape index (κ1) is 19.9. The van der Waals surface area contributed by atoms with Crippen molar-refractivity contribution >= 4 is 23.2 Å². The molecule has 1 N–H and O–H groups in total. The van der Waals surface area contributed by atoms with Crippen molar-refractivity contribution < 1.29 is 0 Å². The van der Waals surface area contributed by atoms with Crippen molar-refractivity contribution in [2.24, 2.45) is 5.92 Å². The Morgan fingerprint density at radius 1 is 0.793 bits per heavy atom. The van der Waals surface area contributed by atoms with Crippen LogP contribution in [0.25, 0.3) is 0 Å². The minimum Gasteiger partial charge on any atom is -0.314 e. The Morgan fingerprint density at radius 3 is 1.90 bits per heavy atom. The lowest BCUT2D eigenvalue weighted by molar-refractivity contribution is 0.0568. The topological polar surface area (TPSA) is 15.3 Å². The van der Waals surface area contributed by atoms with Crippen LogP contribution in [0.15, 0.2) is 48.5 Å². The van der Waals surface area contributed by atoms with E-state index in [9.17, 15) is 0 Å². The zero-order chi connectivity index (χ0) is 19.8. The average molecular weight is 429 g/mol. The average Bonchev–Trinajstić information content (AvgIpc) is 3.00. The highest BCUT2D eigenvalue weighted by atomic mass is 35.5. The lowest BCUT2D eigenvalue weighted by Gasteiger charge is -2.46. The second kappa shape index (κ2) is 8.59. The van der Waals surface area contributed by atoms with Gasteiger partial charge in [0.05, 0.1) is 6.04 Å². The third-order valence-electron chi connectivity index (χ3n) is 7.44. The highest BCUT2D eigenvalue weighted by molar-refractivity contribution is 6.32. The molecule has 3 saturated heterocycles. The molecule has 0 saturated carbocycles. The van der Waals surface area contributed by atoms with Gasteiger partial charge in [-0.2, -0.15) is 0 Å². The number of hydrogen-bond acceptors (Lipinski definition) is 2. The molecule has 2 nitrogen and oxygen atoms in total. The van der Waals surface area contributed by atoms with Crippen molar-refractivity contribution in [2.75, 3.05) is 6.54 Å². The smallest absolute Gasteiger partial charge is 0.0635 e. The lowest BCUT2D eigenvalue weighted by atomic mass is 9.80. The summed E-state index contributed by atoms with van der Waals surface area (Å²) >= 11 is 13.5. The van der Waals surface area contributed by atoms with Crippen LogP contribution in [0.4, 0.5) is 0 Å². The van der Waals surface area contributed by atoms with Gasteiger partial charge in [-0.1, -0.05) is 66.0 Å². The maximum Gasteiger partial charge on any atom is 0.0635 e. The molecule has 0 aliphatic carbocycles. The molecular weight excluding hydrogens is 399 g/mol. The van der Waals surface area contributed by atoms with Crippen molar-refractivity contribution in [1.29, 1.82) is 0 Å². The minimum atomic E-state index is 0.134. The predicted octanol–water partition coefficient (Wildman–Crippen LogP) is 6.47. The molecule has 29 heavy (non-hydrogen) atoms. The van der Waals surface area contributed by atoms with Crippen LogP contribution in [0.5, 0.6) is 0 Å². The number of fused-ring (bicyclic) bond motifs is 2. The first-order chi connectivity index (χ1) is 14.2. The predicted molar refractivity (Wildman–Crippen MR) is 122 cm³/mol. The Bertz CT molecular complexity index is 789. The molecule has 2 aromatic carbocycles. The van der Waals surface area contributed by atoms with E-state index in [1.807, 2.05) is 24.3 Å². The first-order valence-corrected chi connectivity index (χ1v) is 12.0. The summed E-state index contributed by atoms with van der Waals surface area (Å²) < 4.78 is 0. The molecule has 0 spiro atoms. The number of benzene rings is 2. The largest absolute Gasteiger partial charge is 0.314 e. The highest BCUT2D eigenvalue weighted by Crippen LogP contribution is 2.49. The summed E-state index contributed by atoms with van der Waals surface area (Å²) in [5.74, 6) is 0.808. The third-order valence-corrected chi connectivity index (χ3v) is 8.13. The lowest BCUT2D eigenvalue weighted by Crippen LogP contribution is -2.51. The van der Waals surface area contributed by atoms with Crippen molar-refractivity contribution in [1.82, 2.24) is 10.2 Å². The van der Waals surface area contributed by atoms with E-state index in [-0.39, 0.29) is 6.04 Å². The van der Waals surface area contributed by atoms with E-state index in [4.69, 9.17) is 23.2 Å². The fraction of sp³-hybridized carbons (Fsp3) is 0.520. The molecular formula is C25H30Cl2N2. The minimum absolute atomic E-state index is 0.134. The number of nitrogens with zero attached hydrogens (tertiary/aromatic N) is 1. The Kier molecular flexibility index (Phi) is 5.89. The molecule has 4 heteroatoms. The number of hydrogen-bond donors (Lipinski definition) is 1. The second-order valence-corrected chi connectivity index (χ2v) is 9.88. The SMILES string of the molecule is Clc1ccccc1C(c1ccccc1Cl)N1[C@@H]2CC[C@H]1CC(C1CCCCN1)C2. The molecule has 3 fully saturated rings. The van der Waals surface area contributed by atoms with Gasteiger partial charge in [0.1, 0.15) is 0 Å². The van der Waals surface area contributed by atoms with Gasteiger partial charge in [0, 0.05) is 28.2 Å². The molecule has 0 radical (unpaired) electrons. The van der Waals surface area contributed by atoms with Crippen LogP contribution in [-0.4, -0.2) is 29.6 Å². The summed E-state index contributed by atoms with van der Waals surface area (Å²) in [5, 5.41) is 5.50. The quantitative estimate of drug-likeness (QED) is 0.599. The molecule has 0 aromatic heterocycles. The maximum absolute atomic E-state index is 6.73. The number of piperidine rings is 2. The van der Waals surface area contributed by atoms with E-state index in [0.29, 0.717) is 18.1 Å². The molecule has 2 aromatic rings. The van der Waals surface area contributed by atoms with Gasteiger partial charge in [0.25, 0.3) is 0 Å². The van der Waals surface area contributed by atoms with Gasteiger partial charge in [-0.05, 0) is 74.2 Å². The summed E-state index contributed by atoms with van der Waals surface area (Å²) in [6.45, 7) is 1.20. The van der Waals surface area contributed by atoms with Gasteiger partial charge in [0.2, 0.25) is 0 Å². The van der Waals surface area contributed by atoms with Crippen molar-refractivity contribution in [2.45, 2.75) is 69.1 Å². The molecule has 3 aliphatic heterocycles. The Hall–Kier alpha value is -1.06. The summed E-state index contributed by atoms with van der Waals surface area (Å²) in [4.78, 5) is 2.77. The van der Waals surface area contributed by atoms with Gasteiger partial charge in [-0.15, -0.1) is 0 Å². The first-order valence-electron chi connectivity index (χ1n) is 11.2. The Labute approximate surface area is 184 Å². The number of rotatable bonds is 4. The molecule has 0 amide bonds. The second-order valence-electron chi connectivity index (χ2n) is 9.07. The van der Waals surface area contributed by atoms with Crippen molar-refractivity contribution in [3.8, 4) is 0 Å². The van der Waals surface area contributed by atoms with Gasteiger partial charge < -0.3 is 5.32 Å². The van der Waals surface area contributed by atoms with E-state index < -0.39 is 0 Å². The maximum atomic E-state index is 6.73. The molecule has 154 valence electrons. The fourth-order valence-corrected chi connectivity index (χ4v) is 6.65. The van der Waals surface area contributed by atoms with Crippen molar-refractivity contribution in [3.05, 3.63) is 69.7 Å². The van der Waals surface area contributed by atoms with Crippen LogP contribution in [0.1, 0.15) is 62.1 Å². The molecule has 2 unspecified atom stereocenters. The summed E-state index contributed by atoms with van der Waals surface area (Å²) in [6, 6.07) is 18.7. The van der Waals surface area contributed by atoms with Gasteiger partial charge in [-0.3, -0.25) is 4.90 Å². The number of halogens is 2. The van der Waals surface area contributed by atoms with E-state index in [1.54, 1.807) is 0 Å². The van der Waals surface area contributed by atoms with Crippen molar-refractivity contribution in [3.63, 3.8) is 0 Å². The zero-order valence-electron chi connectivity index (χ0n) is 16.9. The Morgan fingerprint density at radius 2 is 1.38 bits per heavy atom. The number of nitrogens with one attached hydrogen (secondary N) is 1.